The predicted molar refractivity (Wildman–Crippen MR) is 92.9 cm³/mol. The second-order valence-corrected chi connectivity index (χ2v) is 6.20. The molecule has 0 aliphatic carbocycles. The Morgan fingerprint density at radius 3 is 2.81 bits per heavy atom. The molecule has 2 aromatic rings. The van der Waals surface area contributed by atoms with E-state index >= 15 is 0 Å². The maximum atomic E-state index is 12.5. The summed E-state index contributed by atoms with van der Waals surface area (Å²) in [6.45, 7) is -0.127. The SMILES string of the molecule is COC(=O)c1ccc(CN2C(=O)NC(=Cc3ccc(O)c(Br)c3)C2=O)o1. The molecule has 3 rings (SSSR count). The van der Waals surface area contributed by atoms with Crippen molar-refractivity contribution in [1.82, 2.24) is 10.2 Å². The van der Waals surface area contributed by atoms with Gasteiger partial charge in [-0.05, 0) is 51.8 Å². The molecule has 3 amide bonds. The Labute approximate surface area is 156 Å². The molecule has 0 spiro atoms. The normalized spacial score (nSPS) is 15.5. The third-order valence-electron chi connectivity index (χ3n) is 3.61. The molecule has 26 heavy (non-hydrogen) atoms. The van der Waals surface area contributed by atoms with Crippen molar-refractivity contribution in [2.45, 2.75) is 6.54 Å². The maximum absolute atomic E-state index is 12.5. The zero-order chi connectivity index (χ0) is 18.8. The molecular formula is C17H13BrN2O6. The lowest BCUT2D eigenvalue weighted by Crippen LogP contribution is -2.30. The number of nitrogens with zero attached hydrogens (tertiary/aromatic N) is 1. The zero-order valence-electron chi connectivity index (χ0n) is 13.5. The van der Waals surface area contributed by atoms with Gasteiger partial charge in [-0.1, -0.05) is 6.07 Å². The number of halogens is 1. The van der Waals surface area contributed by atoms with Gasteiger partial charge < -0.3 is 19.6 Å². The van der Waals surface area contributed by atoms with Crippen molar-refractivity contribution in [2.24, 2.45) is 0 Å². The second-order valence-electron chi connectivity index (χ2n) is 5.35. The van der Waals surface area contributed by atoms with E-state index < -0.39 is 17.9 Å². The number of urea groups is 1. The molecule has 1 aliphatic heterocycles. The summed E-state index contributed by atoms with van der Waals surface area (Å²) in [5.74, 6) is -0.862. The average Bonchev–Trinajstić information content (AvgIpc) is 3.18. The minimum Gasteiger partial charge on any atom is -0.507 e. The number of esters is 1. The minimum absolute atomic E-state index is 0.0146. The molecule has 0 radical (unpaired) electrons. The van der Waals surface area contributed by atoms with E-state index in [-0.39, 0.29) is 29.5 Å². The highest BCUT2D eigenvalue weighted by Crippen LogP contribution is 2.26. The van der Waals surface area contributed by atoms with Gasteiger partial charge in [0.15, 0.2) is 0 Å². The molecule has 1 aliphatic rings. The van der Waals surface area contributed by atoms with Gasteiger partial charge >= 0.3 is 12.0 Å². The van der Waals surface area contributed by atoms with Crippen LogP contribution in [-0.2, 0) is 16.1 Å². The lowest BCUT2D eigenvalue weighted by Gasteiger charge is -2.09. The molecule has 2 N–H and O–H groups in total. The van der Waals surface area contributed by atoms with E-state index in [1.54, 1.807) is 12.1 Å². The summed E-state index contributed by atoms with van der Waals surface area (Å²) in [5.41, 5.74) is 0.707. The second kappa shape index (κ2) is 7.04. The number of carbonyl (C=O) groups excluding carboxylic acids is 3. The first kappa shape index (κ1) is 17.7. The summed E-state index contributed by atoms with van der Waals surface area (Å²) in [4.78, 5) is 36.9. The largest absolute Gasteiger partial charge is 0.507 e. The van der Waals surface area contributed by atoms with E-state index in [1.165, 1.54) is 31.4 Å². The Kier molecular flexibility index (Phi) is 4.81. The molecule has 1 aromatic carbocycles. The fraction of sp³-hybridized carbons (Fsp3) is 0.118. The van der Waals surface area contributed by atoms with Crippen molar-refractivity contribution in [3.63, 3.8) is 0 Å². The molecule has 1 aromatic heterocycles. The number of methoxy groups -OCH3 is 1. The lowest BCUT2D eigenvalue weighted by molar-refractivity contribution is -0.123. The quantitative estimate of drug-likeness (QED) is 0.446. The monoisotopic (exact) mass is 420 g/mol. The third kappa shape index (κ3) is 3.47. The number of benzene rings is 1. The molecule has 1 saturated heterocycles. The van der Waals surface area contributed by atoms with Crippen LogP contribution < -0.4 is 5.32 Å². The number of rotatable bonds is 4. The van der Waals surface area contributed by atoms with Crippen molar-refractivity contribution in [2.75, 3.05) is 7.11 Å². The fourth-order valence-corrected chi connectivity index (χ4v) is 2.72. The van der Waals surface area contributed by atoms with E-state index in [2.05, 4.69) is 26.0 Å². The number of nitrogens with one attached hydrogen (secondary N) is 1. The minimum atomic E-state index is -0.646. The number of amides is 3. The number of aromatic hydroxyl groups is 1. The Hall–Kier alpha value is -3.07. The molecule has 9 heteroatoms. The highest BCUT2D eigenvalue weighted by Gasteiger charge is 2.34. The standard InChI is InChI=1S/C17H13BrN2O6/c1-25-16(23)14-5-3-10(26-14)8-20-15(22)12(19-17(20)24)7-9-2-4-13(21)11(18)6-9/h2-7,21H,8H2,1H3,(H,19,24). The number of hydrogen-bond acceptors (Lipinski definition) is 6. The summed E-state index contributed by atoms with van der Waals surface area (Å²) in [5, 5.41) is 12.0. The summed E-state index contributed by atoms with van der Waals surface area (Å²) in [7, 11) is 1.22. The van der Waals surface area contributed by atoms with Gasteiger partial charge in [0.25, 0.3) is 5.91 Å². The topological polar surface area (TPSA) is 109 Å². The van der Waals surface area contributed by atoms with E-state index in [0.717, 1.165) is 4.90 Å². The molecule has 134 valence electrons. The highest BCUT2D eigenvalue weighted by molar-refractivity contribution is 9.10. The summed E-state index contributed by atoms with van der Waals surface area (Å²) >= 11 is 3.19. The molecule has 0 unspecified atom stereocenters. The van der Waals surface area contributed by atoms with Crippen LogP contribution in [0.3, 0.4) is 0 Å². The van der Waals surface area contributed by atoms with Gasteiger partial charge in [-0.3, -0.25) is 9.69 Å². The molecule has 0 atom stereocenters. The maximum Gasteiger partial charge on any atom is 0.373 e. The number of phenols is 1. The lowest BCUT2D eigenvalue weighted by atomic mass is 10.2. The van der Waals surface area contributed by atoms with Gasteiger partial charge in [0.1, 0.15) is 17.2 Å². The van der Waals surface area contributed by atoms with Crippen LogP contribution in [-0.4, -0.2) is 35.0 Å². The summed E-state index contributed by atoms with van der Waals surface area (Å²) in [6, 6.07) is 6.97. The van der Waals surface area contributed by atoms with Crippen LogP contribution in [0.1, 0.15) is 21.9 Å². The smallest absolute Gasteiger partial charge is 0.373 e. The predicted octanol–water partition coefficient (Wildman–Crippen LogP) is 2.63. The van der Waals surface area contributed by atoms with Gasteiger partial charge in [0.2, 0.25) is 5.76 Å². The molecule has 1 fully saturated rings. The number of carbonyl (C=O) groups is 3. The first-order valence-electron chi connectivity index (χ1n) is 7.39. The highest BCUT2D eigenvalue weighted by atomic mass is 79.9. The van der Waals surface area contributed by atoms with E-state index in [1.807, 2.05) is 0 Å². The van der Waals surface area contributed by atoms with Crippen molar-refractivity contribution in [3.8, 4) is 5.75 Å². The molecular weight excluding hydrogens is 408 g/mol. The Balaban J connectivity index is 1.78. The first-order chi connectivity index (χ1) is 12.4. The third-order valence-corrected chi connectivity index (χ3v) is 4.24. The summed E-state index contributed by atoms with van der Waals surface area (Å²) < 4.78 is 10.3. The van der Waals surface area contributed by atoms with Gasteiger partial charge in [0, 0.05) is 0 Å². The van der Waals surface area contributed by atoms with Crippen LogP contribution in [0.25, 0.3) is 6.08 Å². The van der Waals surface area contributed by atoms with Crippen molar-refractivity contribution in [3.05, 3.63) is 57.6 Å². The zero-order valence-corrected chi connectivity index (χ0v) is 15.1. The number of ether oxygens (including phenoxy) is 1. The summed E-state index contributed by atoms with van der Waals surface area (Å²) in [6.07, 6.45) is 1.49. The van der Waals surface area contributed by atoms with Gasteiger partial charge in [-0.15, -0.1) is 0 Å². The van der Waals surface area contributed by atoms with E-state index in [9.17, 15) is 19.5 Å². The Morgan fingerprint density at radius 1 is 1.35 bits per heavy atom. The van der Waals surface area contributed by atoms with Crippen molar-refractivity contribution < 1.29 is 28.6 Å². The van der Waals surface area contributed by atoms with Crippen LogP contribution in [0.4, 0.5) is 4.79 Å². The number of phenolic OH excluding ortho intramolecular Hbond substituents is 1. The average molecular weight is 421 g/mol. The molecule has 0 bridgehead atoms. The Bertz CT molecular complexity index is 933. The number of furan rings is 1. The van der Waals surface area contributed by atoms with E-state index in [4.69, 9.17) is 4.42 Å². The van der Waals surface area contributed by atoms with Crippen LogP contribution >= 0.6 is 15.9 Å². The number of imide groups is 1. The Morgan fingerprint density at radius 2 is 2.12 bits per heavy atom. The van der Waals surface area contributed by atoms with Crippen molar-refractivity contribution in [1.29, 1.82) is 0 Å². The van der Waals surface area contributed by atoms with Crippen LogP contribution in [0, 0.1) is 0 Å². The van der Waals surface area contributed by atoms with Crippen LogP contribution in [0.15, 0.2) is 44.9 Å². The molecule has 0 saturated carbocycles. The fourth-order valence-electron chi connectivity index (χ4n) is 2.32. The van der Waals surface area contributed by atoms with Crippen LogP contribution in [0.5, 0.6) is 5.75 Å². The van der Waals surface area contributed by atoms with Gasteiger partial charge in [-0.25, -0.2) is 9.59 Å². The molecule has 2 heterocycles. The molecule has 8 nitrogen and oxygen atoms in total. The van der Waals surface area contributed by atoms with Crippen molar-refractivity contribution >= 4 is 39.9 Å². The van der Waals surface area contributed by atoms with E-state index in [0.29, 0.717) is 10.0 Å². The number of hydrogen-bond donors (Lipinski definition) is 2. The van der Waals surface area contributed by atoms with Gasteiger partial charge in [-0.2, -0.15) is 0 Å². The van der Waals surface area contributed by atoms with Crippen LogP contribution in [0.2, 0.25) is 0 Å². The van der Waals surface area contributed by atoms with Gasteiger partial charge in [0.05, 0.1) is 18.1 Å². The first-order valence-corrected chi connectivity index (χ1v) is 8.18.